The highest BCUT2D eigenvalue weighted by Crippen LogP contribution is 2.16. The first-order chi connectivity index (χ1) is 11.1. The molecule has 7 heteroatoms. The van der Waals surface area contributed by atoms with Crippen molar-refractivity contribution in [3.05, 3.63) is 45.4 Å². The molecule has 0 spiro atoms. The summed E-state index contributed by atoms with van der Waals surface area (Å²) in [6, 6.07) is 2.97. The van der Waals surface area contributed by atoms with Crippen LogP contribution in [0.4, 0.5) is 4.39 Å². The van der Waals surface area contributed by atoms with E-state index in [2.05, 4.69) is 32.5 Å². The fraction of sp³-hybridized carbons (Fsp3) is 0.438. The van der Waals surface area contributed by atoms with Crippen LogP contribution in [0.15, 0.2) is 23.3 Å². The van der Waals surface area contributed by atoms with E-state index in [-0.39, 0.29) is 12.4 Å². The molecule has 0 aromatic carbocycles. The Kier molecular flexibility index (Phi) is 6.46. The van der Waals surface area contributed by atoms with Crippen LogP contribution in [0.5, 0.6) is 0 Å². The standard InChI is InChI=1S/C16H22FN5S/c1-4-18-16(21-10-14-13(17)6-5-8-19-14)20-9-7-15-22-11(2)12(3)23-15/h5-6,8H,4,7,9-10H2,1-3H3,(H2,18,20,21). The van der Waals surface area contributed by atoms with E-state index in [1.165, 1.54) is 10.9 Å². The molecule has 2 N–H and O–H groups in total. The maximum Gasteiger partial charge on any atom is 0.191 e. The van der Waals surface area contributed by atoms with E-state index in [0.29, 0.717) is 11.7 Å². The van der Waals surface area contributed by atoms with Crippen molar-refractivity contribution in [1.82, 2.24) is 20.6 Å². The molecule has 23 heavy (non-hydrogen) atoms. The van der Waals surface area contributed by atoms with Gasteiger partial charge < -0.3 is 10.6 Å². The maximum atomic E-state index is 13.6. The van der Waals surface area contributed by atoms with Crippen molar-refractivity contribution in [1.29, 1.82) is 0 Å². The maximum absolute atomic E-state index is 13.6. The van der Waals surface area contributed by atoms with E-state index in [4.69, 9.17) is 0 Å². The second-order valence-electron chi connectivity index (χ2n) is 5.05. The molecule has 0 radical (unpaired) electrons. The van der Waals surface area contributed by atoms with Crippen LogP contribution < -0.4 is 10.6 Å². The molecule has 0 atom stereocenters. The van der Waals surface area contributed by atoms with Crippen LogP contribution in [-0.4, -0.2) is 29.0 Å². The van der Waals surface area contributed by atoms with Crippen LogP contribution in [0.25, 0.3) is 0 Å². The molecule has 2 aromatic rings. The van der Waals surface area contributed by atoms with Gasteiger partial charge in [-0.15, -0.1) is 11.3 Å². The third-order valence-electron chi connectivity index (χ3n) is 3.27. The van der Waals surface area contributed by atoms with Gasteiger partial charge in [0.25, 0.3) is 0 Å². The second kappa shape index (κ2) is 8.57. The van der Waals surface area contributed by atoms with Crippen molar-refractivity contribution in [3.63, 3.8) is 0 Å². The summed E-state index contributed by atoms with van der Waals surface area (Å²) in [6.45, 7) is 7.77. The lowest BCUT2D eigenvalue weighted by atomic mass is 10.3. The van der Waals surface area contributed by atoms with Gasteiger partial charge in [-0.1, -0.05) is 0 Å². The topological polar surface area (TPSA) is 62.2 Å². The lowest BCUT2D eigenvalue weighted by Gasteiger charge is -2.10. The molecule has 2 aromatic heterocycles. The fourth-order valence-corrected chi connectivity index (χ4v) is 2.90. The number of pyridine rings is 1. The number of aromatic nitrogens is 2. The van der Waals surface area contributed by atoms with E-state index in [1.54, 1.807) is 23.6 Å². The number of nitrogens with one attached hydrogen (secondary N) is 2. The van der Waals surface area contributed by atoms with E-state index in [1.807, 2.05) is 13.8 Å². The van der Waals surface area contributed by atoms with Gasteiger partial charge in [0.05, 0.1) is 22.9 Å². The van der Waals surface area contributed by atoms with Gasteiger partial charge in [0.15, 0.2) is 5.96 Å². The van der Waals surface area contributed by atoms with E-state index in [9.17, 15) is 4.39 Å². The number of guanidine groups is 1. The highest BCUT2D eigenvalue weighted by molar-refractivity contribution is 7.11. The van der Waals surface area contributed by atoms with Crippen molar-refractivity contribution < 1.29 is 4.39 Å². The number of hydrogen-bond acceptors (Lipinski definition) is 4. The Labute approximate surface area is 140 Å². The molecule has 0 fully saturated rings. The number of aliphatic imine (C=N–C) groups is 1. The number of hydrogen-bond donors (Lipinski definition) is 2. The average Bonchev–Trinajstić information content (AvgIpc) is 2.84. The summed E-state index contributed by atoms with van der Waals surface area (Å²) in [7, 11) is 0. The van der Waals surface area contributed by atoms with Crippen LogP contribution in [0.3, 0.4) is 0 Å². The van der Waals surface area contributed by atoms with Gasteiger partial charge in [0.2, 0.25) is 0 Å². The van der Waals surface area contributed by atoms with Crippen LogP contribution in [-0.2, 0) is 13.0 Å². The summed E-state index contributed by atoms with van der Waals surface area (Å²) in [5, 5.41) is 7.50. The average molecular weight is 335 g/mol. The molecule has 0 amide bonds. The Morgan fingerprint density at radius 2 is 2.17 bits per heavy atom. The Balaban J connectivity index is 1.90. The molecule has 2 heterocycles. The summed E-state index contributed by atoms with van der Waals surface area (Å²) >= 11 is 1.72. The van der Waals surface area contributed by atoms with Gasteiger partial charge in [0, 0.05) is 30.6 Å². The Morgan fingerprint density at radius 1 is 1.35 bits per heavy atom. The van der Waals surface area contributed by atoms with Gasteiger partial charge in [-0.3, -0.25) is 4.98 Å². The molecule has 0 saturated heterocycles. The van der Waals surface area contributed by atoms with E-state index < -0.39 is 0 Å². The summed E-state index contributed by atoms with van der Waals surface area (Å²) in [5.74, 6) is 0.323. The zero-order valence-corrected chi connectivity index (χ0v) is 14.5. The quantitative estimate of drug-likeness (QED) is 0.629. The molecule has 2 rings (SSSR count). The number of nitrogens with zero attached hydrogens (tertiary/aromatic N) is 3. The molecule has 0 bridgehead atoms. The monoisotopic (exact) mass is 335 g/mol. The SMILES string of the molecule is CCNC(=NCc1ncccc1F)NCCc1nc(C)c(C)s1. The second-order valence-corrected chi connectivity index (χ2v) is 6.34. The van der Waals surface area contributed by atoms with Gasteiger partial charge in [0.1, 0.15) is 5.82 Å². The van der Waals surface area contributed by atoms with Crippen LogP contribution >= 0.6 is 11.3 Å². The highest BCUT2D eigenvalue weighted by Gasteiger charge is 2.05. The predicted molar refractivity (Wildman–Crippen MR) is 92.3 cm³/mol. The molecule has 124 valence electrons. The van der Waals surface area contributed by atoms with Crippen LogP contribution in [0, 0.1) is 19.7 Å². The lowest BCUT2D eigenvalue weighted by molar-refractivity contribution is 0.599. The number of rotatable bonds is 6. The van der Waals surface area contributed by atoms with Crippen molar-refractivity contribution in [2.45, 2.75) is 33.7 Å². The molecular weight excluding hydrogens is 313 g/mol. The first-order valence-corrected chi connectivity index (χ1v) is 8.46. The van der Waals surface area contributed by atoms with Crippen LogP contribution in [0.1, 0.15) is 28.2 Å². The zero-order chi connectivity index (χ0) is 16.7. The fourth-order valence-electron chi connectivity index (χ4n) is 1.96. The molecule has 0 aliphatic heterocycles. The number of aryl methyl sites for hydroxylation is 2. The van der Waals surface area contributed by atoms with Crippen molar-refractivity contribution >= 4 is 17.3 Å². The van der Waals surface area contributed by atoms with Crippen molar-refractivity contribution in [3.8, 4) is 0 Å². The predicted octanol–water partition coefficient (Wildman–Crippen LogP) is 2.59. The van der Waals surface area contributed by atoms with Crippen LogP contribution in [0.2, 0.25) is 0 Å². The molecular formula is C16H22FN5S. The highest BCUT2D eigenvalue weighted by atomic mass is 32.1. The first kappa shape index (κ1) is 17.3. The third-order valence-corrected chi connectivity index (χ3v) is 4.40. The Bertz CT molecular complexity index is 649. The minimum absolute atomic E-state index is 0.206. The van der Waals surface area contributed by atoms with Gasteiger partial charge in [-0.2, -0.15) is 0 Å². The third kappa shape index (κ3) is 5.28. The first-order valence-electron chi connectivity index (χ1n) is 7.64. The minimum atomic E-state index is -0.333. The van der Waals surface area contributed by atoms with Gasteiger partial charge in [-0.25, -0.2) is 14.4 Å². The summed E-state index contributed by atoms with van der Waals surface area (Å²) in [5.41, 5.74) is 1.44. The van der Waals surface area contributed by atoms with E-state index >= 15 is 0 Å². The largest absolute Gasteiger partial charge is 0.357 e. The molecule has 0 aliphatic carbocycles. The van der Waals surface area contributed by atoms with E-state index in [0.717, 1.165) is 30.2 Å². The Hall–Kier alpha value is -2.02. The number of halogens is 1. The normalized spacial score (nSPS) is 11.6. The zero-order valence-electron chi connectivity index (χ0n) is 13.7. The Morgan fingerprint density at radius 3 is 2.83 bits per heavy atom. The summed E-state index contributed by atoms with van der Waals surface area (Å²) in [6.07, 6.45) is 2.41. The van der Waals surface area contributed by atoms with Crippen molar-refractivity contribution in [2.75, 3.05) is 13.1 Å². The van der Waals surface area contributed by atoms with Gasteiger partial charge >= 0.3 is 0 Å². The summed E-state index contributed by atoms with van der Waals surface area (Å²) < 4.78 is 13.6. The molecule has 0 saturated carbocycles. The summed E-state index contributed by atoms with van der Waals surface area (Å²) in [4.78, 5) is 14.2. The molecule has 0 unspecified atom stereocenters. The lowest BCUT2D eigenvalue weighted by Crippen LogP contribution is -2.38. The van der Waals surface area contributed by atoms with Crippen molar-refractivity contribution in [2.24, 2.45) is 4.99 Å². The molecule has 5 nitrogen and oxygen atoms in total. The van der Waals surface area contributed by atoms with Gasteiger partial charge in [-0.05, 0) is 32.9 Å². The molecule has 0 aliphatic rings. The minimum Gasteiger partial charge on any atom is -0.357 e. The smallest absolute Gasteiger partial charge is 0.191 e. The number of thiazole rings is 1.